The number of carbonyl (C=O) groups is 1. The SMILES string of the molecule is COCCS(=O)(=O)CC(C)(C)C(=O)O. The molecule has 1 N–H and O–H groups in total. The van der Waals surface area contributed by atoms with Gasteiger partial charge in [-0.2, -0.15) is 0 Å². The van der Waals surface area contributed by atoms with Gasteiger partial charge in [-0.05, 0) is 13.8 Å². The molecule has 0 aliphatic heterocycles. The van der Waals surface area contributed by atoms with Gasteiger partial charge >= 0.3 is 5.97 Å². The number of rotatable bonds is 6. The molecule has 0 heterocycles. The van der Waals surface area contributed by atoms with Crippen LogP contribution in [0.1, 0.15) is 13.8 Å². The van der Waals surface area contributed by atoms with Crippen molar-refractivity contribution in [2.75, 3.05) is 25.2 Å². The van der Waals surface area contributed by atoms with Crippen LogP contribution in [0.15, 0.2) is 0 Å². The van der Waals surface area contributed by atoms with Gasteiger partial charge < -0.3 is 9.84 Å². The largest absolute Gasteiger partial charge is 0.481 e. The second-order valence-electron chi connectivity index (χ2n) is 3.77. The molecule has 0 rings (SSSR count). The van der Waals surface area contributed by atoms with Crippen molar-refractivity contribution in [2.45, 2.75) is 13.8 Å². The minimum atomic E-state index is -3.35. The van der Waals surface area contributed by atoms with Gasteiger partial charge in [0.1, 0.15) is 0 Å². The Labute approximate surface area is 84.0 Å². The average Bonchev–Trinajstić information content (AvgIpc) is 1.99. The molecule has 0 atom stereocenters. The molecule has 0 aromatic rings. The molecule has 0 saturated heterocycles. The predicted octanol–water partition coefficient (Wildman–Crippen LogP) is 0.158. The Kier molecular flexibility index (Phi) is 4.54. The second-order valence-corrected chi connectivity index (χ2v) is 5.96. The van der Waals surface area contributed by atoms with Crippen LogP contribution >= 0.6 is 0 Å². The van der Waals surface area contributed by atoms with Gasteiger partial charge in [-0.15, -0.1) is 0 Å². The first kappa shape index (κ1) is 13.4. The van der Waals surface area contributed by atoms with Crippen molar-refractivity contribution < 1.29 is 23.1 Å². The summed E-state index contributed by atoms with van der Waals surface area (Å²) in [5.74, 6) is -1.61. The molecule has 14 heavy (non-hydrogen) atoms. The van der Waals surface area contributed by atoms with E-state index >= 15 is 0 Å². The quantitative estimate of drug-likeness (QED) is 0.695. The van der Waals surface area contributed by atoms with Crippen LogP contribution in [0.4, 0.5) is 0 Å². The standard InChI is InChI=1S/C8H16O5S/c1-8(2,7(9)10)6-14(11,12)5-4-13-3/h4-6H2,1-3H3,(H,9,10). The summed E-state index contributed by atoms with van der Waals surface area (Å²) in [6.07, 6.45) is 0. The van der Waals surface area contributed by atoms with E-state index < -0.39 is 21.2 Å². The van der Waals surface area contributed by atoms with Gasteiger partial charge in [0.05, 0.1) is 23.5 Å². The van der Waals surface area contributed by atoms with Gasteiger partial charge in [-0.25, -0.2) is 8.42 Å². The zero-order chi connectivity index (χ0) is 11.4. The monoisotopic (exact) mass is 224 g/mol. The van der Waals surface area contributed by atoms with E-state index in [1.807, 2.05) is 0 Å². The normalized spacial score (nSPS) is 12.8. The van der Waals surface area contributed by atoms with Crippen molar-refractivity contribution in [1.29, 1.82) is 0 Å². The fraction of sp³-hybridized carbons (Fsp3) is 0.875. The Hall–Kier alpha value is -0.620. The molecule has 5 nitrogen and oxygen atoms in total. The third-order valence-corrected chi connectivity index (χ3v) is 3.71. The summed E-state index contributed by atoms with van der Waals surface area (Å²) in [7, 11) is -1.95. The van der Waals surface area contributed by atoms with Crippen LogP contribution in [0.25, 0.3) is 0 Å². The first-order valence-electron chi connectivity index (χ1n) is 4.14. The van der Waals surface area contributed by atoms with E-state index in [9.17, 15) is 13.2 Å². The highest BCUT2D eigenvalue weighted by Gasteiger charge is 2.32. The number of carboxylic acid groups (broad SMARTS) is 1. The van der Waals surface area contributed by atoms with Crippen LogP contribution in [0, 0.1) is 5.41 Å². The van der Waals surface area contributed by atoms with Crippen molar-refractivity contribution in [3.8, 4) is 0 Å². The number of aliphatic carboxylic acids is 1. The topological polar surface area (TPSA) is 80.7 Å². The van der Waals surface area contributed by atoms with Gasteiger partial charge in [-0.3, -0.25) is 4.79 Å². The molecule has 0 spiro atoms. The molecule has 0 aromatic heterocycles. The summed E-state index contributed by atoms with van der Waals surface area (Å²) in [6.45, 7) is 2.87. The highest BCUT2D eigenvalue weighted by Crippen LogP contribution is 2.18. The molecular weight excluding hydrogens is 208 g/mol. The molecule has 0 unspecified atom stereocenters. The lowest BCUT2D eigenvalue weighted by molar-refractivity contribution is -0.145. The van der Waals surface area contributed by atoms with E-state index in [2.05, 4.69) is 4.74 Å². The van der Waals surface area contributed by atoms with Crippen molar-refractivity contribution in [3.63, 3.8) is 0 Å². The van der Waals surface area contributed by atoms with Gasteiger partial charge in [0, 0.05) is 7.11 Å². The molecule has 0 bridgehead atoms. The van der Waals surface area contributed by atoms with Gasteiger partial charge in [-0.1, -0.05) is 0 Å². The molecule has 0 saturated carbocycles. The van der Waals surface area contributed by atoms with Crippen molar-refractivity contribution >= 4 is 15.8 Å². The van der Waals surface area contributed by atoms with E-state index in [-0.39, 0.29) is 18.1 Å². The maximum absolute atomic E-state index is 11.4. The van der Waals surface area contributed by atoms with E-state index in [0.717, 1.165) is 0 Å². The fourth-order valence-corrected chi connectivity index (χ4v) is 2.68. The third kappa shape index (κ3) is 4.57. The van der Waals surface area contributed by atoms with Crippen LogP contribution in [0.5, 0.6) is 0 Å². The maximum atomic E-state index is 11.4. The Bertz CT molecular complexity index is 291. The molecule has 0 radical (unpaired) electrons. The minimum Gasteiger partial charge on any atom is -0.481 e. The zero-order valence-corrected chi connectivity index (χ0v) is 9.43. The summed E-state index contributed by atoms with van der Waals surface area (Å²) in [5.41, 5.74) is -1.24. The number of ether oxygens (including phenoxy) is 1. The Morgan fingerprint density at radius 2 is 1.93 bits per heavy atom. The summed E-state index contributed by atoms with van der Waals surface area (Å²) in [4.78, 5) is 10.7. The Morgan fingerprint density at radius 1 is 1.43 bits per heavy atom. The van der Waals surface area contributed by atoms with Crippen LogP contribution in [-0.2, 0) is 19.4 Å². The minimum absolute atomic E-state index is 0.0953. The second kappa shape index (κ2) is 4.75. The zero-order valence-electron chi connectivity index (χ0n) is 8.61. The Morgan fingerprint density at radius 3 is 2.29 bits per heavy atom. The average molecular weight is 224 g/mol. The lowest BCUT2D eigenvalue weighted by atomic mass is 9.97. The number of hydrogen-bond acceptors (Lipinski definition) is 4. The molecule has 0 aromatic carbocycles. The molecule has 0 fully saturated rings. The van der Waals surface area contributed by atoms with Crippen molar-refractivity contribution in [1.82, 2.24) is 0 Å². The summed E-state index contributed by atoms with van der Waals surface area (Å²) in [5, 5.41) is 8.73. The maximum Gasteiger partial charge on any atom is 0.310 e. The summed E-state index contributed by atoms with van der Waals surface area (Å²) >= 11 is 0. The molecule has 0 aliphatic carbocycles. The van der Waals surface area contributed by atoms with Crippen LogP contribution in [-0.4, -0.2) is 44.7 Å². The lowest BCUT2D eigenvalue weighted by Crippen LogP contribution is -2.33. The smallest absolute Gasteiger partial charge is 0.310 e. The van der Waals surface area contributed by atoms with Gasteiger partial charge in [0.15, 0.2) is 9.84 Å². The van der Waals surface area contributed by atoms with Crippen molar-refractivity contribution in [2.24, 2.45) is 5.41 Å². The van der Waals surface area contributed by atoms with E-state index in [1.165, 1.54) is 21.0 Å². The Balaban J connectivity index is 4.43. The molecule has 0 aliphatic rings. The highest BCUT2D eigenvalue weighted by molar-refractivity contribution is 7.91. The van der Waals surface area contributed by atoms with E-state index in [1.54, 1.807) is 0 Å². The molecular formula is C8H16O5S. The first-order chi connectivity index (χ1) is 6.21. The molecule has 6 heteroatoms. The lowest BCUT2D eigenvalue weighted by Gasteiger charge is -2.18. The number of carboxylic acids is 1. The summed E-state index contributed by atoms with van der Waals surface area (Å²) in [6, 6.07) is 0. The van der Waals surface area contributed by atoms with E-state index in [4.69, 9.17) is 5.11 Å². The van der Waals surface area contributed by atoms with Crippen LogP contribution < -0.4 is 0 Å². The van der Waals surface area contributed by atoms with E-state index in [0.29, 0.717) is 0 Å². The fourth-order valence-electron chi connectivity index (χ4n) is 0.894. The number of sulfone groups is 1. The van der Waals surface area contributed by atoms with Crippen molar-refractivity contribution in [3.05, 3.63) is 0 Å². The number of hydrogen-bond donors (Lipinski definition) is 1. The highest BCUT2D eigenvalue weighted by atomic mass is 32.2. The first-order valence-corrected chi connectivity index (χ1v) is 5.96. The van der Waals surface area contributed by atoms with Crippen LogP contribution in [0.3, 0.4) is 0 Å². The van der Waals surface area contributed by atoms with Gasteiger partial charge in [0.2, 0.25) is 0 Å². The van der Waals surface area contributed by atoms with Crippen LogP contribution in [0.2, 0.25) is 0 Å². The number of methoxy groups -OCH3 is 1. The summed E-state index contributed by atoms with van der Waals surface area (Å²) < 4.78 is 27.4. The molecule has 84 valence electrons. The van der Waals surface area contributed by atoms with Gasteiger partial charge in [0.25, 0.3) is 0 Å². The third-order valence-electron chi connectivity index (χ3n) is 1.76. The molecule has 0 amide bonds. The predicted molar refractivity (Wildman–Crippen MR) is 51.9 cm³/mol.